The second-order valence-electron chi connectivity index (χ2n) is 4.40. The maximum Gasteiger partial charge on any atom is 0.279 e. The van der Waals surface area contributed by atoms with Crippen LogP contribution in [-0.4, -0.2) is 9.85 Å². The average molecular weight is 252 g/mol. The van der Waals surface area contributed by atoms with Gasteiger partial charge in [0.25, 0.3) is 11.4 Å². The van der Waals surface area contributed by atoms with Crippen molar-refractivity contribution in [3.63, 3.8) is 0 Å². The molecule has 6 heteroatoms. The maximum atomic E-state index is 11.0. The second kappa shape index (κ2) is 5.57. The zero-order chi connectivity index (χ0) is 13.9. The van der Waals surface area contributed by atoms with Gasteiger partial charge in [-0.05, 0) is 17.9 Å². The van der Waals surface area contributed by atoms with Crippen LogP contribution < -0.4 is 0 Å². The molecule has 0 amide bonds. The molecule has 18 heavy (non-hydrogen) atoms. The molecule has 0 saturated carbocycles. The first-order valence-electron chi connectivity index (χ1n) is 5.81. The van der Waals surface area contributed by atoms with Crippen molar-refractivity contribution in [3.05, 3.63) is 44.0 Å². The van der Waals surface area contributed by atoms with E-state index in [1.54, 1.807) is 6.92 Å². The highest BCUT2D eigenvalue weighted by Gasteiger charge is 2.30. The van der Waals surface area contributed by atoms with Crippen molar-refractivity contribution in [1.82, 2.24) is 0 Å². The van der Waals surface area contributed by atoms with Crippen LogP contribution in [0.25, 0.3) is 0 Å². The Morgan fingerprint density at radius 3 is 1.89 bits per heavy atom. The monoisotopic (exact) mass is 252 g/mol. The molecule has 0 bridgehead atoms. The molecule has 0 radical (unpaired) electrons. The van der Waals surface area contributed by atoms with E-state index in [0.717, 1.165) is 6.42 Å². The van der Waals surface area contributed by atoms with Gasteiger partial charge in [0.05, 0.1) is 9.85 Å². The van der Waals surface area contributed by atoms with E-state index in [1.165, 1.54) is 18.2 Å². The van der Waals surface area contributed by atoms with Crippen LogP contribution in [0.15, 0.2) is 18.2 Å². The molecule has 0 aliphatic rings. The lowest BCUT2D eigenvalue weighted by Gasteiger charge is -2.18. The van der Waals surface area contributed by atoms with E-state index in [4.69, 9.17) is 0 Å². The molecule has 0 saturated heterocycles. The minimum atomic E-state index is -0.554. The molecule has 2 unspecified atom stereocenters. The Bertz CT molecular complexity index is 441. The zero-order valence-corrected chi connectivity index (χ0v) is 10.6. The molecule has 6 nitrogen and oxygen atoms in total. The second-order valence-corrected chi connectivity index (χ2v) is 4.40. The van der Waals surface area contributed by atoms with Crippen LogP contribution in [0.4, 0.5) is 11.4 Å². The molecule has 1 aromatic carbocycles. The van der Waals surface area contributed by atoms with Crippen molar-refractivity contribution < 1.29 is 9.85 Å². The molecule has 1 rings (SSSR count). The number of benzene rings is 1. The number of hydrogen-bond donors (Lipinski definition) is 0. The minimum Gasteiger partial charge on any atom is -0.258 e. The van der Waals surface area contributed by atoms with Crippen molar-refractivity contribution in [2.24, 2.45) is 5.92 Å². The molecule has 0 aromatic heterocycles. The van der Waals surface area contributed by atoms with E-state index >= 15 is 0 Å². The van der Waals surface area contributed by atoms with E-state index in [-0.39, 0.29) is 28.8 Å². The Hall–Kier alpha value is -1.98. The van der Waals surface area contributed by atoms with E-state index in [1.807, 2.05) is 13.8 Å². The van der Waals surface area contributed by atoms with Crippen molar-refractivity contribution in [2.75, 3.05) is 0 Å². The van der Waals surface area contributed by atoms with Crippen molar-refractivity contribution in [1.29, 1.82) is 0 Å². The van der Waals surface area contributed by atoms with Crippen LogP contribution in [0, 0.1) is 26.1 Å². The first-order chi connectivity index (χ1) is 8.40. The van der Waals surface area contributed by atoms with Crippen molar-refractivity contribution in [2.45, 2.75) is 33.1 Å². The lowest BCUT2D eigenvalue weighted by Crippen LogP contribution is -2.10. The number of hydrogen-bond acceptors (Lipinski definition) is 4. The summed E-state index contributed by atoms with van der Waals surface area (Å²) < 4.78 is 0. The average Bonchev–Trinajstić information content (AvgIpc) is 2.35. The Kier molecular flexibility index (Phi) is 4.36. The fraction of sp³-hybridized carbons (Fsp3) is 0.500. The van der Waals surface area contributed by atoms with E-state index in [0.29, 0.717) is 0 Å². The van der Waals surface area contributed by atoms with Gasteiger partial charge in [0, 0.05) is 12.1 Å². The predicted octanol–water partition coefficient (Wildman–Crippen LogP) is 3.65. The van der Waals surface area contributed by atoms with Crippen molar-refractivity contribution in [3.8, 4) is 0 Å². The molecule has 0 aliphatic carbocycles. The van der Waals surface area contributed by atoms with E-state index < -0.39 is 9.85 Å². The molecule has 0 fully saturated rings. The van der Waals surface area contributed by atoms with Crippen LogP contribution in [0.2, 0.25) is 0 Å². The largest absolute Gasteiger partial charge is 0.279 e. The third-order valence-electron chi connectivity index (χ3n) is 3.41. The first kappa shape index (κ1) is 14.1. The van der Waals surface area contributed by atoms with Gasteiger partial charge in [-0.25, -0.2) is 0 Å². The predicted molar refractivity (Wildman–Crippen MR) is 67.6 cm³/mol. The summed E-state index contributed by atoms with van der Waals surface area (Å²) in [5.74, 6) is -0.0817. The molecule has 1 aromatic rings. The quantitative estimate of drug-likeness (QED) is 0.591. The zero-order valence-electron chi connectivity index (χ0n) is 10.6. The molecule has 0 heterocycles. The van der Waals surface area contributed by atoms with Crippen LogP contribution >= 0.6 is 0 Å². The number of nitro groups is 2. The highest BCUT2D eigenvalue weighted by atomic mass is 16.6. The van der Waals surface area contributed by atoms with Crippen LogP contribution in [0.1, 0.15) is 38.7 Å². The molecule has 2 atom stereocenters. The number of nitro benzene ring substituents is 2. The molecular formula is C12H16N2O4. The minimum absolute atomic E-state index is 0.143. The maximum absolute atomic E-state index is 11.0. The van der Waals surface area contributed by atoms with Crippen molar-refractivity contribution >= 4 is 11.4 Å². The van der Waals surface area contributed by atoms with Gasteiger partial charge in [-0.2, -0.15) is 0 Å². The third-order valence-corrected chi connectivity index (χ3v) is 3.41. The van der Waals surface area contributed by atoms with Gasteiger partial charge in [-0.1, -0.05) is 27.2 Å². The van der Waals surface area contributed by atoms with Gasteiger partial charge in [-0.3, -0.25) is 20.2 Å². The van der Waals surface area contributed by atoms with Gasteiger partial charge in [0.15, 0.2) is 0 Å². The molecule has 0 spiro atoms. The van der Waals surface area contributed by atoms with Gasteiger partial charge in [-0.15, -0.1) is 0 Å². The highest BCUT2D eigenvalue weighted by molar-refractivity contribution is 5.55. The molecule has 98 valence electrons. The molecule has 0 N–H and O–H groups in total. The van der Waals surface area contributed by atoms with E-state index in [9.17, 15) is 20.2 Å². The van der Waals surface area contributed by atoms with Crippen LogP contribution in [0.5, 0.6) is 0 Å². The Morgan fingerprint density at radius 2 is 1.56 bits per heavy atom. The number of rotatable bonds is 5. The van der Waals surface area contributed by atoms with E-state index in [2.05, 4.69) is 0 Å². The summed E-state index contributed by atoms with van der Waals surface area (Å²) in [5, 5.41) is 22.0. The first-order valence-corrected chi connectivity index (χ1v) is 5.81. The summed E-state index contributed by atoms with van der Waals surface area (Å²) >= 11 is 0. The fourth-order valence-electron chi connectivity index (χ4n) is 1.96. The normalized spacial score (nSPS) is 13.9. The van der Waals surface area contributed by atoms with Crippen LogP contribution in [-0.2, 0) is 0 Å². The van der Waals surface area contributed by atoms with Gasteiger partial charge in [0.1, 0.15) is 5.56 Å². The van der Waals surface area contributed by atoms with Gasteiger partial charge in [0.2, 0.25) is 0 Å². The third kappa shape index (κ3) is 2.64. The van der Waals surface area contributed by atoms with Gasteiger partial charge >= 0.3 is 0 Å². The molecular weight excluding hydrogens is 236 g/mol. The summed E-state index contributed by atoms with van der Waals surface area (Å²) in [6.07, 6.45) is 0.810. The van der Waals surface area contributed by atoms with Gasteiger partial charge < -0.3 is 0 Å². The molecule has 0 aliphatic heterocycles. The lowest BCUT2D eigenvalue weighted by atomic mass is 9.85. The number of nitrogens with zero attached hydrogens (tertiary/aromatic N) is 2. The fourth-order valence-corrected chi connectivity index (χ4v) is 1.96. The summed E-state index contributed by atoms with van der Waals surface area (Å²) in [6, 6.07) is 3.99. The smallest absolute Gasteiger partial charge is 0.258 e. The topological polar surface area (TPSA) is 86.3 Å². The summed E-state index contributed by atoms with van der Waals surface area (Å²) in [4.78, 5) is 20.9. The Morgan fingerprint density at radius 1 is 1.11 bits per heavy atom. The van der Waals surface area contributed by atoms with Crippen LogP contribution in [0.3, 0.4) is 0 Å². The Labute approximate surface area is 105 Å². The summed E-state index contributed by atoms with van der Waals surface area (Å²) in [5.41, 5.74) is -0.115. The standard InChI is InChI=1S/C12H16N2O4/c1-4-8(2)9(3)12-10(13(15)16)6-5-7-11(12)14(17)18/h5-9H,4H2,1-3H3. The summed E-state index contributed by atoms with van der Waals surface area (Å²) in [7, 11) is 0. The lowest BCUT2D eigenvalue weighted by molar-refractivity contribution is -0.395. The SMILES string of the molecule is CCC(C)C(C)c1c([N+](=O)[O-])cccc1[N+](=O)[O-]. The highest BCUT2D eigenvalue weighted by Crippen LogP contribution is 2.38. The Balaban J connectivity index is 3.44. The summed E-state index contributed by atoms with van der Waals surface area (Å²) in [6.45, 7) is 5.69.